The van der Waals surface area contributed by atoms with Crippen LogP contribution in [0.1, 0.15) is 21.7 Å². The Kier molecular flexibility index (Phi) is 7.97. The van der Waals surface area contributed by atoms with Gasteiger partial charge in [0, 0.05) is 26.6 Å². The molecule has 0 aliphatic rings. The summed E-state index contributed by atoms with van der Waals surface area (Å²) in [5.74, 6) is -2.07. The minimum absolute atomic E-state index is 0.133. The summed E-state index contributed by atoms with van der Waals surface area (Å²) < 4.78 is 4.89. The van der Waals surface area contributed by atoms with Gasteiger partial charge >= 0.3 is 5.97 Å². The molecule has 0 spiro atoms. The fourth-order valence-electron chi connectivity index (χ4n) is 2.46. The second-order valence-corrected chi connectivity index (χ2v) is 6.82. The van der Waals surface area contributed by atoms with E-state index in [1.165, 1.54) is 18.4 Å². The zero-order valence-electron chi connectivity index (χ0n) is 14.9. The van der Waals surface area contributed by atoms with E-state index >= 15 is 0 Å². The number of carbonyl (C=O) groups excluding carboxylic acids is 2. The molecule has 0 saturated carbocycles. The molecule has 3 N–H and O–H groups in total. The van der Waals surface area contributed by atoms with Gasteiger partial charge in [0.2, 0.25) is 5.91 Å². The van der Waals surface area contributed by atoms with E-state index in [9.17, 15) is 19.5 Å². The summed E-state index contributed by atoms with van der Waals surface area (Å²) >= 11 is 1.27. The van der Waals surface area contributed by atoms with Crippen molar-refractivity contribution in [3.8, 4) is 0 Å². The van der Waals surface area contributed by atoms with E-state index in [4.69, 9.17) is 4.74 Å². The number of hydrogen-bond acceptors (Lipinski definition) is 5. The molecule has 27 heavy (non-hydrogen) atoms. The summed E-state index contributed by atoms with van der Waals surface area (Å²) in [7, 11) is 1.46. The van der Waals surface area contributed by atoms with Gasteiger partial charge in [-0.25, -0.2) is 4.79 Å². The Balaban J connectivity index is 2.12. The summed E-state index contributed by atoms with van der Waals surface area (Å²) in [6, 6.07) is 10.6. The summed E-state index contributed by atoms with van der Waals surface area (Å²) in [5.41, 5.74) is 0.855. The SMILES string of the molecule is COCCC(NC(=O)C(Cc1ccccc1)NC(=O)c1cccs1)C(=O)O. The molecule has 144 valence electrons. The van der Waals surface area contributed by atoms with Gasteiger partial charge in [-0.2, -0.15) is 0 Å². The maximum atomic E-state index is 12.7. The molecule has 2 atom stereocenters. The molecule has 0 bridgehead atoms. The van der Waals surface area contributed by atoms with Crippen molar-refractivity contribution in [1.82, 2.24) is 10.6 Å². The van der Waals surface area contributed by atoms with Gasteiger partial charge in [-0.05, 0) is 17.0 Å². The second-order valence-electron chi connectivity index (χ2n) is 5.87. The highest BCUT2D eigenvalue weighted by Gasteiger charge is 2.27. The topological polar surface area (TPSA) is 105 Å². The van der Waals surface area contributed by atoms with Gasteiger partial charge in [-0.3, -0.25) is 9.59 Å². The molecule has 7 nitrogen and oxygen atoms in total. The van der Waals surface area contributed by atoms with Gasteiger partial charge in [-0.1, -0.05) is 36.4 Å². The number of rotatable bonds is 10. The lowest BCUT2D eigenvalue weighted by Crippen LogP contribution is -2.52. The van der Waals surface area contributed by atoms with Crippen LogP contribution in [0.4, 0.5) is 0 Å². The zero-order valence-corrected chi connectivity index (χ0v) is 15.7. The third-order valence-electron chi connectivity index (χ3n) is 3.87. The van der Waals surface area contributed by atoms with Crippen LogP contribution in [0.2, 0.25) is 0 Å². The molecule has 1 aromatic heterocycles. The predicted molar refractivity (Wildman–Crippen MR) is 102 cm³/mol. The molecule has 1 aromatic carbocycles. The van der Waals surface area contributed by atoms with E-state index in [1.54, 1.807) is 17.5 Å². The Morgan fingerprint density at radius 2 is 1.81 bits per heavy atom. The Morgan fingerprint density at radius 1 is 1.07 bits per heavy atom. The number of carbonyl (C=O) groups is 3. The van der Waals surface area contributed by atoms with Crippen molar-refractivity contribution < 1.29 is 24.2 Å². The number of ether oxygens (including phenoxy) is 1. The van der Waals surface area contributed by atoms with E-state index in [2.05, 4.69) is 10.6 Å². The Bertz CT molecular complexity index is 749. The van der Waals surface area contributed by atoms with Crippen molar-refractivity contribution in [2.24, 2.45) is 0 Å². The fraction of sp³-hybridized carbons (Fsp3) is 0.316. The van der Waals surface area contributed by atoms with Gasteiger partial charge in [0.15, 0.2) is 0 Å². The second kappa shape index (κ2) is 10.4. The van der Waals surface area contributed by atoms with Crippen molar-refractivity contribution in [2.45, 2.75) is 24.9 Å². The van der Waals surface area contributed by atoms with E-state index < -0.39 is 24.0 Å². The standard InChI is InChI=1S/C19H22N2O5S/c1-26-10-9-14(19(24)25)20-17(22)15(12-13-6-3-2-4-7-13)21-18(23)16-8-5-11-27-16/h2-8,11,14-15H,9-10,12H2,1H3,(H,20,22)(H,21,23)(H,24,25). The lowest BCUT2D eigenvalue weighted by molar-refractivity contribution is -0.142. The van der Waals surface area contributed by atoms with Crippen molar-refractivity contribution in [1.29, 1.82) is 0 Å². The van der Waals surface area contributed by atoms with Crippen LogP contribution in [-0.4, -0.2) is 48.7 Å². The molecule has 0 aliphatic carbocycles. The number of methoxy groups -OCH3 is 1. The number of carboxylic acids is 1. The van der Waals surface area contributed by atoms with Crippen LogP contribution in [0.15, 0.2) is 47.8 Å². The minimum Gasteiger partial charge on any atom is -0.480 e. The van der Waals surface area contributed by atoms with E-state index in [-0.39, 0.29) is 25.4 Å². The van der Waals surface area contributed by atoms with Crippen LogP contribution in [0.5, 0.6) is 0 Å². The third kappa shape index (κ3) is 6.50. The first kappa shape index (κ1) is 20.6. The largest absolute Gasteiger partial charge is 0.480 e. The Morgan fingerprint density at radius 3 is 2.41 bits per heavy atom. The first-order chi connectivity index (χ1) is 13.0. The third-order valence-corrected chi connectivity index (χ3v) is 4.74. The van der Waals surface area contributed by atoms with Gasteiger partial charge < -0.3 is 20.5 Å². The van der Waals surface area contributed by atoms with Gasteiger partial charge in [-0.15, -0.1) is 11.3 Å². The highest BCUT2D eigenvalue weighted by atomic mass is 32.1. The monoisotopic (exact) mass is 390 g/mol. The van der Waals surface area contributed by atoms with Gasteiger partial charge in [0.25, 0.3) is 5.91 Å². The highest BCUT2D eigenvalue weighted by molar-refractivity contribution is 7.12. The number of thiophene rings is 1. The van der Waals surface area contributed by atoms with Crippen molar-refractivity contribution in [3.63, 3.8) is 0 Å². The molecule has 1 heterocycles. The molecule has 2 aromatic rings. The smallest absolute Gasteiger partial charge is 0.326 e. The molecule has 0 saturated heterocycles. The number of benzene rings is 1. The number of aliphatic carboxylic acids is 1. The zero-order chi connectivity index (χ0) is 19.6. The Hall–Kier alpha value is -2.71. The van der Waals surface area contributed by atoms with Crippen LogP contribution < -0.4 is 10.6 Å². The maximum absolute atomic E-state index is 12.7. The summed E-state index contributed by atoms with van der Waals surface area (Å²) in [5, 5.41) is 16.3. The van der Waals surface area contributed by atoms with Crippen LogP contribution >= 0.6 is 11.3 Å². The van der Waals surface area contributed by atoms with Crippen LogP contribution in [-0.2, 0) is 20.7 Å². The van der Waals surface area contributed by atoms with E-state index in [0.717, 1.165) is 5.56 Å². The van der Waals surface area contributed by atoms with Crippen LogP contribution in [0.25, 0.3) is 0 Å². The average Bonchev–Trinajstić information content (AvgIpc) is 3.20. The van der Waals surface area contributed by atoms with Crippen molar-refractivity contribution in [2.75, 3.05) is 13.7 Å². The fourth-order valence-corrected chi connectivity index (χ4v) is 3.09. The quantitative estimate of drug-likeness (QED) is 0.573. The Labute approximate surface area is 161 Å². The molecule has 2 unspecified atom stereocenters. The first-order valence-electron chi connectivity index (χ1n) is 8.41. The number of nitrogens with one attached hydrogen (secondary N) is 2. The molecule has 8 heteroatoms. The van der Waals surface area contributed by atoms with Crippen molar-refractivity contribution >= 4 is 29.1 Å². The maximum Gasteiger partial charge on any atom is 0.326 e. The number of amides is 2. The molecular weight excluding hydrogens is 368 g/mol. The molecule has 2 rings (SSSR count). The normalized spacial score (nSPS) is 12.8. The first-order valence-corrected chi connectivity index (χ1v) is 9.29. The minimum atomic E-state index is -1.15. The highest BCUT2D eigenvalue weighted by Crippen LogP contribution is 2.10. The van der Waals surface area contributed by atoms with Gasteiger partial charge in [0.1, 0.15) is 12.1 Å². The number of hydrogen-bond donors (Lipinski definition) is 3. The lowest BCUT2D eigenvalue weighted by Gasteiger charge is -2.21. The summed E-state index contributed by atoms with van der Waals surface area (Å²) in [6.07, 6.45) is 0.384. The van der Waals surface area contributed by atoms with Crippen LogP contribution in [0.3, 0.4) is 0 Å². The summed E-state index contributed by atoms with van der Waals surface area (Å²) in [6.45, 7) is 0.197. The lowest BCUT2D eigenvalue weighted by atomic mass is 10.0. The molecule has 0 radical (unpaired) electrons. The predicted octanol–water partition coefficient (Wildman–Crippen LogP) is 1.70. The molecule has 2 amide bonds. The van der Waals surface area contributed by atoms with E-state index in [0.29, 0.717) is 4.88 Å². The van der Waals surface area contributed by atoms with Crippen molar-refractivity contribution in [3.05, 3.63) is 58.3 Å². The molecule has 0 aliphatic heterocycles. The molecular formula is C19H22N2O5S. The number of carboxylic acid groups (broad SMARTS) is 1. The van der Waals surface area contributed by atoms with Crippen LogP contribution in [0, 0.1) is 0 Å². The summed E-state index contributed by atoms with van der Waals surface area (Å²) in [4.78, 5) is 36.9. The average molecular weight is 390 g/mol. The molecule has 0 fully saturated rings. The van der Waals surface area contributed by atoms with Gasteiger partial charge in [0.05, 0.1) is 4.88 Å². The van der Waals surface area contributed by atoms with E-state index in [1.807, 2.05) is 30.3 Å².